The third kappa shape index (κ3) is 2.39. The van der Waals surface area contributed by atoms with E-state index in [1.54, 1.807) is 24.3 Å². The highest BCUT2D eigenvalue weighted by Gasteiger charge is 2.15. The maximum atomic E-state index is 11.7. The van der Waals surface area contributed by atoms with Gasteiger partial charge in [0, 0.05) is 6.07 Å². The Morgan fingerprint density at radius 2 is 1.88 bits per heavy atom. The molecule has 0 amide bonds. The quantitative estimate of drug-likeness (QED) is 0.649. The van der Waals surface area contributed by atoms with Crippen molar-refractivity contribution in [3.05, 3.63) is 42.2 Å². The fraction of sp³-hybridized carbons (Fsp3) is 0.0833. The Morgan fingerprint density at radius 1 is 1.18 bits per heavy atom. The van der Waals surface area contributed by atoms with Crippen LogP contribution in [0, 0.1) is 0 Å². The van der Waals surface area contributed by atoms with Gasteiger partial charge in [0.25, 0.3) is 0 Å². The van der Waals surface area contributed by atoms with Crippen molar-refractivity contribution in [2.24, 2.45) is 0 Å². The number of nitrogen functional groups attached to an aromatic ring is 1. The van der Waals surface area contributed by atoms with Crippen LogP contribution < -0.4 is 15.2 Å². The zero-order valence-corrected chi connectivity index (χ0v) is 9.17. The van der Waals surface area contributed by atoms with Crippen molar-refractivity contribution < 1.29 is 18.7 Å². The largest absolute Gasteiger partial charge is 0.493 e. The van der Waals surface area contributed by atoms with Gasteiger partial charge >= 0.3 is 5.97 Å². The van der Waals surface area contributed by atoms with E-state index in [0.29, 0.717) is 11.5 Å². The molecule has 0 spiro atoms. The summed E-state index contributed by atoms with van der Waals surface area (Å²) in [5, 5.41) is 0. The van der Waals surface area contributed by atoms with Gasteiger partial charge in [-0.1, -0.05) is 12.1 Å². The Morgan fingerprint density at radius 3 is 2.47 bits per heavy atom. The smallest absolute Gasteiger partial charge is 0.379 e. The number of esters is 1. The summed E-state index contributed by atoms with van der Waals surface area (Å²) in [6, 6.07) is 9.77. The molecule has 0 radical (unpaired) electrons. The van der Waals surface area contributed by atoms with E-state index in [9.17, 15) is 4.79 Å². The van der Waals surface area contributed by atoms with Crippen molar-refractivity contribution in [3.63, 3.8) is 0 Å². The molecule has 2 rings (SSSR count). The van der Waals surface area contributed by atoms with E-state index in [1.807, 2.05) is 0 Å². The number of benzene rings is 1. The lowest BCUT2D eigenvalue weighted by atomic mass is 10.3. The van der Waals surface area contributed by atoms with Crippen molar-refractivity contribution in [1.29, 1.82) is 0 Å². The number of hydrogen-bond donors (Lipinski definition) is 1. The SMILES string of the molecule is COc1ccccc1OC(=O)c1ccc(N)o1. The van der Waals surface area contributed by atoms with E-state index >= 15 is 0 Å². The molecule has 0 atom stereocenters. The van der Waals surface area contributed by atoms with E-state index in [4.69, 9.17) is 19.6 Å². The lowest BCUT2D eigenvalue weighted by Gasteiger charge is -2.07. The number of methoxy groups -OCH3 is 1. The first-order valence-electron chi connectivity index (χ1n) is 4.91. The summed E-state index contributed by atoms with van der Waals surface area (Å²) in [6.45, 7) is 0. The number of ether oxygens (including phenoxy) is 2. The van der Waals surface area contributed by atoms with E-state index in [-0.39, 0.29) is 11.6 Å². The van der Waals surface area contributed by atoms with Crippen LogP contribution in [0.25, 0.3) is 0 Å². The first-order valence-corrected chi connectivity index (χ1v) is 4.91. The van der Waals surface area contributed by atoms with Crippen molar-refractivity contribution in [1.82, 2.24) is 0 Å². The predicted molar refractivity (Wildman–Crippen MR) is 61.1 cm³/mol. The molecule has 2 N–H and O–H groups in total. The van der Waals surface area contributed by atoms with Gasteiger partial charge in [-0.05, 0) is 18.2 Å². The van der Waals surface area contributed by atoms with Crippen LogP contribution in [0.1, 0.15) is 10.6 Å². The van der Waals surface area contributed by atoms with Crippen LogP contribution in [0.2, 0.25) is 0 Å². The average Bonchev–Trinajstić information content (AvgIpc) is 2.77. The van der Waals surface area contributed by atoms with Crippen LogP contribution in [0.15, 0.2) is 40.8 Å². The zero-order chi connectivity index (χ0) is 12.3. The third-order valence-corrected chi connectivity index (χ3v) is 2.10. The third-order valence-electron chi connectivity index (χ3n) is 2.10. The molecule has 17 heavy (non-hydrogen) atoms. The molecule has 0 aliphatic carbocycles. The molecule has 0 unspecified atom stereocenters. The minimum absolute atomic E-state index is 0.0495. The van der Waals surface area contributed by atoms with Gasteiger partial charge < -0.3 is 19.6 Å². The van der Waals surface area contributed by atoms with Crippen LogP contribution in [0.3, 0.4) is 0 Å². The highest BCUT2D eigenvalue weighted by Crippen LogP contribution is 2.26. The molecule has 1 heterocycles. The fourth-order valence-electron chi connectivity index (χ4n) is 1.32. The van der Waals surface area contributed by atoms with Crippen LogP contribution in [0.5, 0.6) is 11.5 Å². The van der Waals surface area contributed by atoms with Gasteiger partial charge in [-0.15, -0.1) is 0 Å². The van der Waals surface area contributed by atoms with Gasteiger partial charge in [0.15, 0.2) is 17.4 Å². The van der Waals surface area contributed by atoms with Gasteiger partial charge in [-0.3, -0.25) is 0 Å². The second-order valence-electron chi connectivity index (χ2n) is 3.24. The van der Waals surface area contributed by atoms with Gasteiger partial charge in [-0.25, -0.2) is 4.79 Å². The lowest BCUT2D eigenvalue weighted by molar-refractivity contribution is 0.0697. The van der Waals surface area contributed by atoms with Crippen LogP contribution >= 0.6 is 0 Å². The summed E-state index contributed by atoms with van der Waals surface area (Å²) in [5.41, 5.74) is 5.37. The van der Waals surface area contributed by atoms with E-state index in [0.717, 1.165) is 0 Å². The topological polar surface area (TPSA) is 74.7 Å². The second-order valence-corrected chi connectivity index (χ2v) is 3.24. The van der Waals surface area contributed by atoms with Gasteiger partial charge in [-0.2, -0.15) is 0 Å². The average molecular weight is 233 g/mol. The van der Waals surface area contributed by atoms with Crippen LogP contribution in [-0.4, -0.2) is 13.1 Å². The second kappa shape index (κ2) is 4.61. The van der Waals surface area contributed by atoms with Crippen molar-refractivity contribution in [2.75, 3.05) is 12.8 Å². The molecule has 0 saturated heterocycles. The molecule has 0 aliphatic heterocycles. The molecule has 1 aromatic carbocycles. The Bertz CT molecular complexity index is 533. The molecule has 0 bridgehead atoms. The normalized spacial score (nSPS) is 9.94. The Hall–Kier alpha value is -2.43. The monoisotopic (exact) mass is 233 g/mol. The molecule has 0 aliphatic rings. The minimum atomic E-state index is -0.619. The van der Waals surface area contributed by atoms with E-state index in [2.05, 4.69) is 0 Å². The molecule has 1 aromatic heterocycles. The number of rotatable bonds is 3. The standard InChI is InChI=1S/C12H11NO4/c1-15-8-4-2-3-5-9(8)17-12(14)10-6-7-11(13)16-10/h2-7H,13H2,1H3. The summed E-state index contributed by atoms with van der Waals surface area (Å²) in [7, 11) is 1.50. The Balaban J connectivity index is 2.18. The predicted octanol–water partition coefficient (Wildman–Crippen LogP) is 2.09. The molecule has 0 saturated carbocycles. The van der Waals surface area contributed by atoms with E-state index in [1.165, 1.54) is 19.2 Å². The summed E-state index contributed by atoms with van der Waals surface area (Å²) in [5.74, 6) is 0.395. The highest BCUT2D eigenvalue weighted by molar-refractivity contribution is 5.88. The lowest BCUT2D eigenvalue weighted by Crippen LogP contribution is -2.08. The summed E-state index contributed by atoms with van der Waals surface area (Å²) < 4.78 is 15.1. The summed E-state index contributed by atoms with van der Waals surface area (Å²) in [4.78, 5) is 11.7. The molecular formula is C12H11NO4. The first-order chi connectivity index (χ1) is 8.20. The fourth-order valence-corrected chi connectivity index (χ4v) is 1.32. The molecular weight excluding hydrogens is 222 g/mol. The van der Waals surface area contributed by atoms with Crippen molar-refractivity contribution in [2.45, 2.75) is 0 Å². The van der Waals surface area contributed by atoms with Gasteiger partial charge in [0.1, 0.15) is 0 Å². The Kier molecular flexibility index (Phi) is 3.00. The van der Waals surface area contributed by atoms with Crippen LogP contribution in [0.4, 0.5) is 5.88 Å². The maximum Gasteiger partial charge on any atom is 0.379 e. The summed E-state index contributed by atoms with van der Waals surface area (Å²) in [6.07, 6.45) is 0. The molecule has 5 nitrogen and oxygen atoms in total. The number of furan rings is 1. The zero-order valence-electron chi connectivity index (χ0n) is 9.17. The highest BCUT2D eigenvalue weighted by atomic mass is 16.6. The number of carbonyl (C=O) groups excluding carboxylic acids is 1. The van der Waals surface area contributed by atoms with Crippen molar-refractivity contribution >= 4 is 11.9 Å². The molecule has 5 heteroatoms. The number of nitrogens with two attached hydrogens (primary N) is 1. The van der Waals surface area contributed by atoms with Gasteiger partial charge in [0.05, 0.1) is 7.11 Å². The van der Waals surface area contributed by atoms with E-state index < -0.39 is 5.97 Å². The Labute approximate surface area is 97.7 Å². The maximum absolute atomic E-state index is 11.7. The number of hydrogen-bond acceptors (Lipinski definition) is 5. The first kappa shape index (κ1) is 11.1. The van der Waals surface area contributed by atoms with Crippen molar-refractivity contribution in [3.8, 4) is 11.5 Å². The number of anilines is 1. The molecule has 2 aromatic rings. The number of para-hydroxylation sites is 2. The van der Waals surface area contributed by atoms with Gasteiger partial charge in [0.2, 0.25) is 5.76 Å². The summed E-state index contributed by atoms with van der Waals surface area (Å²) >= 11 is 0. The van der Waals surface area contributed by atoms with Crippen LogP contribution in [-0.2, 0) is 0 Å². The molecule has 0 fully saturated rings. The minimum Gasteiger partial charge on any atom is -0.493 e. The molecule has 88 valence electrons. The number of carbonyl (C=O) groups is 1.